The summed E-state index contributed by atoms with van der Waals surface area (Å²) in [6.45, 7) is 1.56. The number of hydrogen-bond acceptors (Lipinski definition) is 2. The third kappa shape index (κ3) is 3.13. The van der Waals surface area contributed by atoms with Gasteiger partial charge in [0, 0.05) is 17.9 Å². The van der Waals surface area contributed by atoms with Crippen LogP contribution in [0.2, 0.25) is 0 Å². The molecule has 2 heteroatoms. The predicted molar refractivity (Wildman–Crippen MR) is 53.3 cm³/mol. The lowest BCUT2D eigenvalue weighted by atomic mass is 10.1. The second kappa shape index (κ2) is 4.84. The quantitative estimate of drug-likeness (QED) is 0.655. The molecular weight excluding hydrogens is 174 g/mol. The number of benzene rings is 1. The molecule has 0 fully saturated rings. The molecule has 0 aromatic heterocycles. The summed E-state index contributed by atoms with van der Waals surface area (Å²) in [7, 11) is 0. The summed E-state index contributed by atoms with van der Waals surface area (Å²) < 4.78 is 0. The number of ketones is 1. The number of hydrogen-bond donors (Lipinski definition) is 0. The van der Waals surface area contributed by atoms with E-state index in [1.165, 1.54) is 0 Å². The fourth-order valence-corrected chi connectivity index (χ4v) is 1.09. The van der Waals surface area contributed by atoms with E-state index in [1.54, 1.807) is 13.0 Å². The third-order valence-electron chi connectivity index (χ3n) is 1.67. The Labute approximate surface area is 83.2 Å². The van der Waals surface area contributed by atoms with Crippen molar-refractivity contribution in [3.8, 4) is 17.9 Å². The summed E-state index contributed by atoms with van der Waals surface area (Å²) in [4.78, 5) is 10.8. The summed E-state index contributed by atoms with van der Waals surface area (Å²) in [5, 5.41) is 8.23. The average Bonchev–Trinajstić information content (AvgIpc) is 2.16. The number of Topliss-reactive ketones (excluding diaryl/α,β-unsaturated/α-hetero) is 1. The van der Waals surface area contributed by atoms with Crippen LogP contribution in [-0.2, 0) is 11.2 Å². The van der Waals surface area contributed by atoms with Crippen LogP contribution >= 0.6 is 0 Å². The van der Waals surface area contributed by atoms with Gasteiger partial charge in [0.15, 0.2) is 6.07 Å². The number of rotatable bonds is 2. The topological polar surface area (TPSA) is 40.9 Å². The van der Waals surface area contributed by atoms with E-state index in [2.05, 4.69) is 11.8 Å². The minimum atomic E-state index is 0.140. The van der Waals surface area contributed by atoms with Crippen molar-refractivity contribution in [1.82, 2.24) is 0 Å². The summed E-state index contributed by atoms with van der Waals surface area (Å²) >= 11 is 0. The van der Waals surface area contributed by atoms with Crippen LogP contribution in [0.1, 0.15) is 18.1 Å². The van der Waals surface area contributed by atoms with E-state index in [9.17, 15) is 4.79 Å². The highest BCUT2D eigenvalue weighted by Gasteiger charge is 1.96. The van der Waals surface area contributed by atoms with Gasteiger partial charge in [-0.25, -0.2) is 0 Å². The minimum absolute atomic E-state index is 0.140. The molecule has 0 amide bonds. The zero-order valence-corrected chi connectivity index (χ0v) is 7.87. The van der Waals surface area contributed by atoms with Crippen molar-refractivity contribution in [2.24, 2.45) is 0 Å². The van der Waals surface area contributed by atoms with Crippen molar-refractivity contribution in [3.05, 3.63) is 35.4 Å². The molecule has 0 saturated carbocycles. The number of nitrogens with zero attached hydrogens (tertiary/aromatic N) is 1. The van der Waals surface area contributed by atoms with Gasteiger partial charge in [0.2, 0.25) is 0 Å². The van der Waals surface area contributed by atoms with E-state index < -0.39 is 0 Å². The maximum Gasteiger partial charge on any atom is 0.152 e. The first-order valence-corrected chi connectivity index (χ1v) is 4.21. The summed E-state index contributed by atoms with van der Waals surface area (Å²) in [5.74, 6) is 5.13. The van der Waals surface area contributed by atoms with Crippen LogP contribution in [0.25, 0.3) is 0 Å². The Kier molecular flexibility index (Phi) is 3.47. The molecule has 2 nitrogen and oxygen atoms in total. The molecule has 1 rings (SSSR count). The molecule has 0 atom stereocenters. The Hall–Kier alpha value is -2.06. The molecule has 0 aliphatic carbocycles. The van der Waals surface area contributed by atoms with Gasteiger partial charge in [-0.3, -0.25) is 4.79 Å². The maximum absolute atomic E-state index is 10.8. The van der Waals surface area contributed by atoms with Crippen LogP contribution in [-0.4, -0.2) is 5.78 Å². The fourth-order valence-electron chi connectivity index (χ4n) is 1.09. The van der Waals surface area contributed by atoms with E-state index >= 15 is 0 Å². The molecule has 0 radical (unpaired) electrons. The Morgan fingerprint density at radius 1 is 1.36 bits per heavy atom. The molecule has 1 aromatic carbocycles. The van der Waals surface area contributed by atoms with Gasteiger partial charge >= 0.3 is 0 Å². The Morgan fingerprint density at radius 2 is 2.00 bits per heavy atom. The van der Waals surface area contributed by atoms with Gasteiger partial charge in [0.1, 0.15) is 5.78 Å². The van der Waals surface area contributed by atoms with Crippen molar-refractivity contribution in [2.75, 3.05) is 0 Å². The monoisotopic (exact) mass is 183 g/mol. The SMILES string of the molecule is CC(=O)Cc1ccc(C#CC#N)cc1. The van der Waals surface area contributed by atoms with E-state index in [0.717, 1.165) is 11.1 Å². The van der Waals surface area contributed by atoms with Gasteiger partial charge in [-0.15, -0.1) is 0 Å². The van der Waals surface area contributed by atoms with E-state index in [-0.39, 0.29) is 5.78 Å². The first kappa shape index (κ1) is 10.0. The zero-order valence-electron chi connectivity index (χ0n) is 7.87. The molecule has 0 spiro atoms. The van der Waals surface area contributed by atoms with Gasteiger partial charge in [-0.2, -0.15) is 5.26 Å². The van der Waals surface area contributed by atoms with Crippen molar-refractivity contribution in [3.63, 3.8) is 0 Å². The first-order valence-electron chi connectivity index (χ1n) is 4.21. The van der Waals surface area contributed by atoms with Crippen molar-refractivity contribution < 1.29 is 4.79 Å². The highest BCUT2D eigenvalue weighted by Crippen LogP contribution is 2.04. The van der Waals surface area contributed by atoms with Gasteiger partial charge in [-0.1, -0.05) is 18.1 Å². The molecule has 0 aliphatic rings. The molecule has 0 heterocycles. The Balaban J connectivity index is 2.79. The van der Waals surface area contributed by atoms with Crippen molar-refractivity contribution in [1.29, 1.82) is 5.26 Å². The van der Waals surface area contributed by atoms with Gasteiger partial charge in [-0.05, 0) is 24.6 Å². The maximum atomic E-state index is 10.8. The minimum Gasteiger partial charge on any atom is -0.300 e. The number of nitriles is 1. The lowest BCUT2D eigenvalue weighted by Crippen LogP contribution is -1.95. The first-order chi connectivity index (χ1) is 6.72. The van der Waals surface area contributed by atoms with Gasteiger partial charge < -0.3 is 0 Å². The highest BCUT2D eigenvalue weighted by atomic mass is 16.1. The summed E-state index contributed by atoms with van der Waals surface area (Å²) in [5.41, 5.74) is 1.76. The molecule has 1 aromatic rings. The van der Waals surface area contributed by atoms with Crippen LogP contribution in [0.3, 0.4) is 0 Å². The van der Waals surface area contributed by atoms with Gasteiger partial charge in [0.25, 0.3) is 0 Å². The van der Waals surface area contributed by atoms with Crippen LogP contribution in [0.5, 0.6) is 0 Å². The smallest absolute Gasteiger partial charge is 0.152 e. The number of carbonyl (C=O) groups is 1. The highest BCUT2D eigenvalue weighted by molar-refractivity contribution is 5.78. The number of carbonyl (C=O) groups excluding carboxylic acids is 1. The average molecular weight is 183 g/mol. The lowest BCUT2D eigenvalue weighted by molar-refractivity contribution is -0.116. The van der Waals surface area contributed by atoms with E-state index in [4.69, 9.17) is 5.26 Å². The van der Waals surface area contributed by atoms with Crippen molar-refractivity contribution in [2.45, 2.75) is 13.3 Å². The largest absolute Gasteiger partial charge is 0.300 e. The molecular formula is C12H9NO. The second-order valence-corrected chi connectivity index (χ2v) is 2.94. The van der Waals surface area contributed by atoms with E-state index in [1.807, 2.05) is 24.3 Å². The normalized spacial score (nSPS) is 8.29. The molecule has 0 N–H and O–H groups in total. The molecule has 0 bridgehead atoms. The summed E-state index contributed by atoms with van der Waals surface area (Å²) in [6, 6.07) is 9.06. The molecule has 0 unspecified atom stereocenters. The van der Waals surface area contributed by atoms with Crippen molar-refractivity contribution >= 4 is 5.78 Å². The third-order valence-corrected chi connectivity index (χ3v) is 1.67. The standard InChI is InChI=1S/C12H9NO/c1-10(14)9-12-6-4-11(5-7-12)3-2-8-13/h4-7H,9H2,1H3. The zero-order chi connectivity index (χ0) is 10.4. The van der Waals surface area contributed by atoms with Crippen LogP contribution in [0.4, 0.5) is 0 Å². The molecule has 14 heavy (non-hydrogen) atoms. The van der Waals surface area contributed by atoms with Crippen LogP contribution < -0.4 is 0 Å². The second-order valence-electron chi connectivity index (χ2n) is 2.94. The Bertz CT molecular complexity index is 426. The lowest BCUT2D eigenvalue weighted by Gasteiger charge is -1.96. The molecule has 68 valence electrons. The fraction of sp³-hybridized carbons (Fsp3) is 0.167. The summed E-state index contributed by atoms with van der Waals surface area (Å²) in [6.07, 6.45) is 0.450. The predicted octanol–water partition coefficient (Wildman–Crippen LogP) is 1.69. The molecule has 0 aliphatic heterocycles. The van der Waals surface area contributed by atoms with Crippen LogP contribution in [0, 0.1) is 23.2 Å². The van der Waals surface area contributed by atoms with Crippen LogP contribution in [0.15, 0.2) is 24.3 Å². The van der Waals surface area contributed by atoms with E-state index in [0.29, 0.717) is 6.42 Å². The molecule has 0 saturated heterocycles. The Morgan fingerprint density at radius 3 is 2.50 bits per heavy atom. The van der Waals surface area contributed by atoms with Gasteiger partial charge in [0.05, 0.1) is 0 Å².